The summed E-state index contributed by atoms with van der Waals surface area (Å²) in [5.41, 5.74) is -1.23. The van der Waals surface area contributed by atoms with E-state index < -0.39 is 52.7 Å². The van der Waals surface area contributed by atoms with Crippen molar-refractivity contribution in [1.29, 1.82) is 0 Å². The highest BCUT2D eigenvalue weighted by atomic mass is 19.2. The second kappa shape index (κ2) is 10.1. The van der Waals surface area contributed by atoms with Crippen molar-refractivity contribution < 1.29 is 41.0 Å². The van der Waals surface area contributed by atoms with Gasteiger partial charge >= 0.3 is 11.9 Å². The third-order valence-electron chi connectivity index (χ3n) is 3.48. The second-order valence-corrected chi connectivity index (χ2v) is 5.54. The molecular formula is C17H19F5O4. The highest BCUT2D eigenvalue weighted by Crippen LogP contribution is 2.29. The van der Waals surface area contributed by atoms with E-state index in [0.29, 0.717) is 6.42 Å². The Labute approximate surface area is 147 Å². The van der Waals surface area contributed by atoms with E-state index >= 15 is 0 Å². The normalized spacial score (nSPS) is 12.0. The summed E-state index contributed by atoms with van der Waals surface area (Å²) < 4.78 is 76.2. The molecular weight excluding hydrogens is 363 g/mol. The molecule has 1 aromatic rings. The second-order valence-electron chi connectivity index (χ2n) is 5.54. The van der Waals surface area contributed by atoms with Gasteiger partial charge in [-0.3, -0.25) is 9.59 Å². The van der Waals surface area contributed by atoms with E-state index in [-0.39, 0.29) is 25.9 Å². The zero-order chi connectivity index (χ0) is 19.9. The Morgan fingerprint density at radius 2 is 1.35 bits per heavy atom. The summed E-state index contributed by atoms with van der Waals surface area (Å²) in [4.78, 5) is 23.0. The Morgan fingerprint density at radius 3 is 1.88 bits per heavy atom. The fraction of sp³-hybridized carbons (Fsp3) is 0.529. The van der Waals surface area contributed by atoms with Gasteiger partial charge in [-0.1, -0.05) is 13.3 Å². The van der Waals surface area contributed by atoms with Crippen LogP contribution in [-0.2, 0) is 19.1 Å². The summed E-state index contributed by atoms with van der Waals surface area (Å²) in [6.45, 7) is 3.18. The van der Waals surface area contributed by atoms with Crippen molar-refractivity contribution in [2.75, 3.05) is 6.61 Å². The van der Waals surface area contributed by atoms with E-state index in [1.54, 1.807) is 0 Å². The molecule has 0 N–H and O–H groups in total. The molecule has 0 aliphatic carbocycles. The predicted molar refractivity (Wildman–Crippen MR) is 80.5 cm³/mol. The first kappa shape index (κ1) is 21.9. The molecule has 0 radical (unpaired) electrons. The fourth-order valence-electron chi connectivity index (χ4n) is 2.07. The molecule has 1 atom stereocenters. The molecule has 0 aliphatic heterocycles. The highest BCUT2D eigenvalue weighted by Gasteiger charge is 2.30. The summed E-state index contributed by atoms with van der Waals surface area (Å²) in [5.74, 6) is -12.1. The first-order chi connectivity index (χ1) is 12.2. The number of hydrogen-bond donors (Lipinski definition) is 0. The lowest BCUT2D eigenvalue weighted by atomic mass is 10.1. The van der Waals surface area contributed by atoms with E-state index in [1.165, 1.54) is 0 Å². The zero-order valence-electron chi connectivity index (χ0n) is 14.3. The van der Waals surface area contributed by atoms with Crippen LogP contribution in [0.5, 0.6) is 0 Å². The lowest BCUT2D eigenvalue weighted by molar-refractivity contribution is -0.149. The van der Waals surface area contributed by atoms with Gasteiger partial charge in [0.15, 0.2) is 23.3 Å². The molecule has 26 heavy (non-hydrogen) atoms. The minimum Gasteiger partial charge on any atom is -0.466 e. The lowest BCUT2D eigenvalue weighted by Gasteiger charge is -2.16. The minimum atomic E-state index is -2.29. The molecule has 4 nitrogen and oxygen atoms in total. The van der Waals surface area contributed by atoms with Crippen LogP contribution in [0.4, 0.5) is 22.0 Å². The van der Waals surface area contributed by atoms with Crippen LogP contribution in [0.15, 0.2) is 0 Å². The average molecular weight is 382 g/mol. The SMILES string of the molecule is CCCCOC(=O)CCCC(=O)OC(C)c1c(F)c(F)c(F)c(F)c1F. The molecule has 0 bridgehead atoms. The summed E-state index contributed by atoms with van der Waals surface area (Å²) in [5, 5.41) is 0. The minimum absolute atomic E-state index is 0.0598. The van der Waals surface area contributed by atoms with Crippen LogP contribution >= 0.6 is 0 Å². The molecule has 146 valence electrons. The zero-order valence-corrected chi connectivity index (χ0v) is 14.3. The molecule has 0 amide bonds. The Bertz CT molecular complexity index is 634. The number of ether oxygens (including phenoxy) is 2. The van der Waals surface area contributed by atoms with Crippen molar-refractivity contribution in [3.8, 4) is 0 Å². The molecule has 0 fully saturated rings. The number of unbranched alkanes of at least 4 members (excludes halogenated alkanes) is 1. The van der Waals surface area contributed by atoms with Crippen molar-refractivity contribution in [3.63, 3.8) is 0 Å². The molecule has 0 saturated carbocycles. The molecule has 0 saturated heterocycles. The molecule has 9 heteroatoms. The third kappa shape index (κ3) is 5.67. The van der Waals surface area contributed by atoms with Crippen LogP contribution in [-0.4, -0.2) is 18.5 Å². The first-order valence-electron chi connectivity index (χ1n) is 8.07. The van der Waals surface area contributed by atoms with Crippen LogP contribution in [0.3, 0.4) is 0 Å². The monoisotopic (exact) mass is 382 g/mol. The van der Waals surface area contributed by atoms with Crippen LogP contribution in [0.2, 0.25) is 0 Å². The number of hydrogen-bond acceptors (Lipinski definition) is 4. The standard InChI is InChI=1S/C17H19F5O4/c1-3-4-8-25-10(23)6-5-7-11(24)26-9(2)12-13(18)15(20)17(22)16(21)14(12)19/h9H,3-8H2,1-2H3. The van der Waals surface area contributed by atoms with Crippen molar-refractivity contribution in [2.45, 2.75) is 52.1 Å². The Hall–Kier alpha value is -2.19. The molecule has 1 aromatic carbocycles. The average Bonchev–Trinajstić information content (AvgIpc) is 2.58. The summed E-state index contributed by atoms with van der Waals surface area (Å²) in [6.07, 6.45) is -0.391. The van der Waals surface area contributed by atoms with Crippen LogP contribution in [0, 0.1) is 29.1 Å². The van der Waals surface area contributed by atoms with Crippen LogP contribution in [0.1, 0.15) is 57.6 Å². The number of carbonyl (C=O) groups is 2. The molecule has 0 spiro atoms. The number of halogens is 5. The van der Waals surface area contributed by atoms with Gasteiger partial charge in [0.25, 0.3) is 0 Å². The molecule has 1 unspecified atom stereocenters. The van der Waals surface area contributed by atoms with Gasteiger partial charge in [-0.25, -0.2) is 22.0 Å². The van der Waals surface area contributed by atoms with E-state index in [1.807, 2.05) is 6.92 Å². The van der Waals surface area contributed by atoms with Crippen molar-refractivity contribution in [1.82, 2.24) is 0 Å². The van der Waals surface area contributed by atoms with Crippen LogP contribution in [0.25, 0.3) is 0 Å². The van der Waals surface area contributed by atoms with E-state index in [2.05, 4.69) is 0 Å². The van der Waals surface area contributed by atoms with Crippen molar-refractivity contribution in [2.24, 2.45) is 0 Å². The predicted octanol–water partition coefficient (Wildman–Crippen LogP) is 4.50. The van der Waals surface area contributed by atoms with Crippen molar-refractivity contribution >= 4 is 11.9 Å². The summed E-state index contributed by atoms with van der Waals surface area (Å²) in [7, 11) is 0. The van der Waals surface area contributed by atoms with E-state index in [9.17, 15) is 31.5 Å². The summed E-state index contributed by atoms with van der Waals surface area (Å²) >= 11 is 0. The molecule has 0 aliphatic rings. The fourth-order valence-corrected chi connectivity index (χ4v) is 2.07. The molecule has 1 rings (SSSR count). The maximum absolute atomic E-state index is 13.6. The lowest BCUT2D eigenvalue weighted by Crippen LogP contribution is -2.15. The Balaban J connectivity index is 2.59. The third-order valence-corrected chi connectivity index (χ3v) is 3.48. The first-order valence-corrected chi connectivity index (χ1v) is 8.07. The number of rotatable bonds is 9. The number of benzene rings is 1. The van der Waals surface area contributed by atoms with Gasteiger partial charge < -0.3 is 9.47 Å². The Morgan fingerprint density at radius 1 is 0.846 bits per heavy atom. The van der Waals surface area contributed by atoms with Gasteiger partial charge in [0, 0.05) is 12.8 Å². The highest BCUT2D eigenvalue weighted by molar-refractivity contribution is 5.72. The maximum atomic E-state index is 13.6. The number of carbonyl (C=O) groups excluding carboxylic acids is 2. The molecule has 0 heterocycles. The quantitative estimate of drug-likeness (QED) is 0.207. The molecule has 0 aromatic heterocycles. The van der Waals surface area contributed by atoms with E-state index in [0.717, 1.165) is 13.3 Å². The topological polar surface area (TPSA) is 52.6 Å². The van der Waals surface area contributed by atoms with Gasteiger partial charge in [-0.05, 0) is 19.8 Å². The van der Waals surface area contributed by atoms with Gasteiger partial charge in [-0.15, -0.1) is 0 Å². The largest absolute Gasteiger partial charge is 0.466 e. The smallest absolute Gasteiger partial charge is 0.306 e. The summed E-state index contributed by atoms with van der Waals surface area (Å²) in [6, 6.07) is 0. The maximum Gasteiger partial charge on any atom is 0.306 e. The Kier molecular flexibility index (Phi) is 8.47. The van der Waals surface area contributed by atoms with Gasteiger partial charge in [0.05, 0.1) is 12.2 Å². The van der Waals surface area contributed by atoms with Crippen molar-refractivity contribution in [3.05, 3.63) is 34.6 Å². The number of esters is 2. The van der Waals surface area contributed by atoms with Gasteiger partial charge in [-0.2, -0.15) is 0 Å². The van der Waals surface area contributed by atoms with Crippen LogP contribution < -0.4 is 0 Å². The van der Waals surface area contributed by atoms with E-state index in [4.69, 9.17) is 9.47 Å². The van der Waals surface area contributed by atoms with Gasteiger partial charge in [0.2, 0.25) is 5.82 Å². The van der Waals surface area contributed by atoms with Gasteiger partial charge in [0.1, 0.15) is 6.10 Å².